The van der Waals surface area contributed by atoms with Gasteiger partial charge in [0.05, 0.1) is 27.9 Å². The summed E-state index contributed by atoms with van der Waals surface area (Å²) < 4.78 is 44.5. The van der Waals surface area contributed by atoms with E-state index in [9.17, 15) is 9.59 Å². The van der Waals surface area contributed by atoms with Gasteiger partial charge in [0, 0.05) is 7.04 Å². The van der Waals surface area contributed by atoms with E-state index in [1.807, 2.05) is 58.0 Å². The van der Waals surface area contributed by atoms with Gasteiger partial charge < -0.3 is 29.4 Å². The summed E-state index contributed by atoms with van der Waals surface area (Å²) in [7, 11) is -3.48. The number of ether oxygens (including phenoxy) is 2. The molecule has 0 saturated carbocycles. The van der Waals surface area contributed by atoms with E-state index in [1.54, 1.807) is 20.8 Å². The number of hydrogen-bond donors (Lipinski definition) is 2. The van der Waals surface area contributed by atoms with Crippen LogP contribution in [0, 0.1) is 0 Å². The molecule has 0 bridgehead atoms. The van der Waals surface area contributed by atoms with Gasteiger partial charge in [-0.3, -0.25) is 4.79 Å². The molecule has 1 aromatic carbocycles. The number of carbonyl (C=O) groups excluding carboxylic acids is 2. The van der Waals surface area contributed by atoms with E-state index in [0.29, 0.717) is 6.42 Å². The fraction of sp³-hybridized carbons (Fsp3) is 0.680. The smallest absolute Gasteiger partial charge is 0.444 e. The van der Waals surface area contributed by atoms with Crippen LogP contribution in [-0.2, 0) is 30.0 Å². The lowest BCUT2D eigenvalue weighted by Crippen LogP contribution is -2.56. The highest BCUT2D eigenvalue weighted by Crippen LogP contribution is 2.38. The van der Waals surface area contributed by atoms with Crippen molar-refractivity contribution in [2.24, 2.45) is 0 Å². The van der Waals surface area contributed by atoms with Crippen molar-refractivity contribution < 1.29 is 32.5 Å². The van der Waals surface area contributed by atoms with E-state index < -0.39 is 61.5 Å². The van der Waals surface area contributed by atoms with Crippen molar-refractivity contribution in [3.05, 3.63) is 35.9 Å². The summed E-state index contributed by atoms with van der Waals surface area (Å²) >= 11 is 0. The molecule has 0 unspecified atom stereocenters. The van der Waals surface area contributed by atoms with Crippen LogP contribution in [0.3, 0.4) is 0 Å². The summed E-state index contributed by atoms with van der Waals surface area (Å²) in [5.41, 5.74) is -0.868. The van der Waals surface area contributed by atoms with Crippen LogP contribution in [0.25, 0.3) is 0 Å². The number of carbonyl (C=O) groups is 2. The van der Waals surface area contributed by atoms with Crippen LogP contribution in [0.1, 0.15) is 71.0 Å². The highest BCUT2D eigenvalue weighted by molar-refractivity contribution is 6.48. The van der Waals surface area contributed by atoms with Crippen molar-refractivity contribution in [1.82, 2.24) is 10.6 Å². The molecule has 2 atom stereocenters. The Hall–Kier alpha value is -2.10. The van der Waals surface area contributed by atoms with Crippen LogP contribution in [0.5, 0.6) is 0 Å². The van der Waals surface area contributed by atoms with Crippen LogP contribution in [0.2, 0.25) is 0 Å². The Balaban J connectivity index is 2.18. The van der Waals surface area contributed by atoms with Gasteiger partial charge >= 0.3 is 13.2 Å². The molecule has 0 aromatic heterocycles. The number of benzene rings is 1. The molecule has 0 radical (unpaired) electrons. The van der Waals surface area contributed by atoms with E-state index >= 15 is 0 Å². The lowest BCUT2D eigenvalue weighted by Gasteiger charge is -2.32. The Morgan fingerprint density at radius 1 is 1.09 bits per heavy atom. The number of hydrogen-bond acceptors (Lipinski definition) is 6. The molecular weight excluding hydrogens is 435 g/mol. The summed E-state index contributed by atoms with van der Waals surface area (Å²) in [5, 5.41) is 5.33. The molecule has 0 aliphatic carbocycles. The molecule has 0 spiro atoms. The number of nitrogens with one attached hydrogen (secondary N) is 2. The van der Waals surface area contributed by atoms with E-state index in [-0.39, 0.29) is 0 Å². The molecule has 190 valence electrons. The summed E-state index contributed by atoms with van der Waals surface area (Å²) in [4.78, 5) is 25.7. The Kier molecular flexibility index (Phi) is 8.03. The summed E-state index contributed by atoms with van der Waals surface area (Å²) in [5.74, 6) is -1.19. The number of aryl methyl sites for hydroxylation is 1. The lowest BCUT2D eigenvalue weighted by atomic mass is 9.75. The largest absolute Gasteiger partial charge is 0.481 e. The first-order valence-electron chi connectivity index (χ1n) is 13.2. The van der Waals surface area contributed by atoms with Crippen LogP contribution < -0.4 is 10.6 Å². The van der Waals surface area contributed by atoms with Gasteiger partial charge in [-0.15, -0.1) is 0 Å². The lowest BCUT2D eigenvalue weighted by molar-refractivity contribution is -0.124. The molecule has 1 fully saturated rings. The summed E-state index contributed by atoms with van der Waals surface area (Å²) in [6.45, 7) is 12.2. The molecule has 34 heavy (non-hydrogen) atoms. The quantitative estimate of drug-likeness (QED) is 0.498. The first-order valence-corrected chi connectivity index (χ1v) is 11.7. The predicted octanol–water partition coefficient (Wildman–Crippen LogP) is 3.67. The van der Waals surface area contributed by atoms with E-state index in [4.69, 9.17) is 22.9 Å². The Morgan fingerprint density at radius 2 is 1.71 bits per heavy atom. The van der Waals surface area contributed by atoms with Crippen LogP contribution >= 0.6 is 0 Å². The number of alkyl carbamates (subject to hydrolysis) is 1. The molecule has 1 aliphatic rings. The third-order valence-electron chi connectivity index (χ3n) is 6.01. The summed E-state index contributed by atoms with van der Waals surface area (Å²) in [6, 6.07) is 8.66. The van der Waals surface area contributed by atoms with Crippen molar-refractivity contribution in [3.63, 3.8) is 0 Å². The molecule has 2 rings (SSSR count). The first-order chi connectivity index (χ1) is 16.9. The highest BCUT2D eigenvalue weighted by Gasteiger charge is 2.54. The SMILES string of the molecule is [2H]C([2H])([2H])OC[C@@H](NC(=O)OC(C)(C)C)C(=O)N[C@@H](CCCc1ccccc1)B1OC(C)(C)C(C)(C)O1. The maximum atomic E-state index is 13.3. The van der Waals surface area contributed by atoms with Gasteiger partial charge in [0.1, 0.15) is 11.6 Å². The number of methoxy groups -OCH3 is 1. The topological polar surface area (TPSA) is 95.1 Å². The average molecular weight is 479 g/mol. The van der Waals surface area contributed by atoms with Gasteiger partial charge in [-0.25, -0.2) is 4.79 Å². The molecule has 2 amide bonds. The van der Waals surface area contributed by atoms with Gasteiger partial charge in [-0.1, -0.05) is 30.3 Å². The first kappa shape index (κ1) is 23.6. The standard InChI is InChI=1S/C25H41BN2O6/c1-23(2,3)32-22(30)27-19(17-31-8)21(29)28-20(16-12-15-18-13-10-9-11-14-18)26-33-24(4,5)25(6,7)34-26/h9-11,13-14,19-20H,12,15-17H2,1-8H3,(H,27,30)(H,28,29)/t19-,20+/m1/s1/i8D3. The minimum absolute atomic E-state index is 0.525. The van der Waals surface area contributed by atoms with Gasteiger partial charge in [0.2, 0.25) is 5.91 Å². The monoisotopic (exact) mass is 479 g/mol. The third-order valence-corrected chi connectivity index (χ3v) is 6.01. The van der Waals surface area contributed by atoms with E-state index in [1.165, 1.54) is 0 Å². The second kappa shape index (κ2) is 11.6. The van der Waals surface area contributed by atoms with Crippen molar-refractivity contribution in [1.29, 1.82) is 0 Å². The zero-order valence-corrected chi connectivity index (χ0v) is 21.4. The van der Waals surface area contributed by atoms with Gasteiger partial charge in [-0.05, 0) is 73.3 Å². The Bertz CT molecular complexity index is 890. The van der Waals surface area contributed by atoms with Gasteiger partial charge in [-0.2, -0.15) is 0 Å². The highest BCUT2D eigenvalue weighted by atomic mass is 16.7. The van der Waals surface area contributed by atoms with Crippen LogP contribution in [0.4, 0.5) is 4.79 Å². The predicted molar refractivity (Wildman–Crippen MR) is 132 cm³/mol. The van der Waals surface area contributed by atoms with Crippen molar-refractivity contribution in [3.8, 4) is 0 Å². The zero-order chi connectivity index (χ0) is 28.1. The fourth-order valence-corrected chi connectivity index (χ4v) is 3.50. The minimum Gasteiger partial charge on any atom is -0.444 e. The normalized spacial score (nSPS) is 20.4. The Labute approximate surface area is 208 Å². The van der Waals surface area contributed by atoms with Crippen molar-refractivity contribution in [2.45, 2.75) is 96.5 Å². The fourth-order valence-electron chi connectivity index (χ4n) is 3.50. The molecule has 2 N–H and O–H groups in total. The van der Waals surface area contributed by atoms with Gasteiger partial charge in [0.15, 0.2) is 0 Å². The van der Waals surface area contributed by atoms with Crippen molar-refractivity contribution >= 4 is 19.1 Å². The van der Waals surface area contributed by atoms with E-state index in [0.717, 1.165) is 18.4 Å². The van der Waals surface area contributed by atoms with Crippen LogP contribution in [0.15, 0.2) is 30.3 Å². The summed E-state index contributed by atoms with van der Waals surface area (Å²) in [6.07, 6.45) is 1.18. The molecule has 1 aliphatic heterocycles. The molecule has 9 heteroatoms. The molecule has 1 aromatic rings. The molecule has 8 nitrogen and oxygen atoms in total. The maximum absolute atomic E-state index is 13.3. The Morgan fingerprint density at radius 3 is 2.26 bits per heavy atom. The third kappa shape index (κ3) is 8.29. The zero-order valence-electron chi connectivity index (χ0n) is 24.4. The van der Waals surface area contributed by atoms with E-state index in [2.05, 4.69) is 10.6 Å². The van der Waals surface area contributed by atoms with Crippen molar-refractivity contribution in [2.75, 3.05) is 13.6 Å². The van der Waals surface area contributed by atoms with Gasteiger partial charge in [0.25, 0.3) is 0 Å². The average Bonchev–Trinajstić information content (AvgIpc) is 2.96. The minimum atomic E-state index is -2.74. The number of amides is 2. The molecule has 1 heterocycles. The molecular formula is C25H41BN2O6. The number of rotatable bonds is 10. The second-order valence-corrected chi connectivity index (χ2v) is 10.6. The second-order valence-electron chi connectivity index (χ2n) is 10.6. The molecule has 1 saturated heterocycles. The maximum Gasteiger partial charge on any atom is 0.481 e. The van der Waals surface area contributed by atoms with Crippen LogP contribution in [-0.4, -0.2) is 61.5 Å².